The van der Waals surface area contributed by atoms with Crippen LogP contribution in [0.25, 0.3) is 0 Å². The molecule has 4 aliphatic rings. The Balaban J connectivity index is 1.53. The fraction of sp³-hybridized carbons (Fsp3) is 0.952. The van der Waals surface area contributed by atoms with Crippen molar-refractivity contribution in [1.82, 2.24) is 0 Å². The van der Waals surface area contributed by atoms with Gasteiger partial charge < -0.3 is 15.0 Å². The number of carboxylic acids is 1. The Bertz CT molecular complexity index is 517. The van der Waals surface area contributed by atoms with E-state index in [0.717, 1.165) is 31.1 Å². The number of carboxylic acid groups (broad SMARTS) is 1. The Morgan fingerprint density at radius 2 is 1.71 bits per heavy atom. The predicted molar refractivity (Wildman–Crippen MR) is 90.8 cm³/mol. The number of aliphatic hydroxyl groups is 1. The lowest BCUT2D eigenvalue weighted by Gasteiger charge is -2.61. The normalized spacial score (nSPS) is 53.8. The maximum Gasteiger partial charge on any atom is 0.0596 e. The molecule has 0 aliphatic heterocycles. The van der Waals surface area contributed by atoms with Crippen molar-refractivity contribution in [2.24, 2.45) is 40.4 Å². The van der Waals surface area contributed by atoms with Crippen LogP contribution in [0.5, 0.6) is 0 Å². The SMILES string of the molecule is C[C@]12CC[C@H]3[C@H](CC[C@H]4C[C@@H](CC(=O)[O-])CC[C@@]43C)[C@H]1CC[C@@H]2O. The zero-order valence-corrected chi connectivity index (χ0v) is 15.3. The average molecular weight is 333 g/mol. The average Bonchev–Trinajstić information content (AvgIpc) is 2.83. The van der Waals surface area contributed by atoms with E-state index in [1.807, 2.05) is 0 Å². The summed E-state index contributed by atoms with van der Waals surface area (Å²) in [5.74, 6) is 2.47. The van der Waals surface area contributed by atoms with Crippen LogP contribution in [0.3, 0.4) is 0 Å². The minimum absolute atomic E-state index is 0.0900. The van der Waals surface area contributed by atoms with E-state index in [2.05, 4.69) is 13.8 Å². The molecule has 0 aromatic carbocycles. The molecule has 0 saturated heterocycles. The van der Waals surface area contributed by atoms with Crippen LogP contribution in [0.4, 0.5) is 0 Å². The van der Waals surface area contributed by atoms with Crippen LogP contribution in [0, 0.1) is 40.4 Å². The van der Waals surface area contributed by atoms with Crippen LogP contribution in [0.15, 0.2) is 0 Å². The first-order valence-corrected chi connectivity index (χ1v) is 10.2. The molecule has 0 unspecified atom stereocenters. The fourth-order valence-electron chi connectivity index (χ4n) is 7.74. The zero-order valence-electron chi connectivity index (χ0n) is 15.3. The van der Waals surface area contributed by atoms with E-state index in [-0.39, 0.29) is 17.9 Å². The number of carbonyl (C=O) groups excluding carboxylic acids is 1. The van der Waals surface area contributed by atoms with Crippen molar-refractivity contribution in [3.8, 4) is 0 Å². The summed E-state index contributed by atoms with van der Waals surface area (Å²) in [5.41, 5.74) is 0.566. The van der Waals surface area contributed by atoms with Gasteiger partial charge in [-0.1, -0.05) is 13.8 Å². The van der Waals surface area contributed by atoms with Gasteiger partial charge in [0.2, 0.25) is 0 Å². The zero-order chi connectivity index (χ0) is 17.1. The second kappa shape index (κ2) is 5.72. The van der Waals surface area contributed by atoms with Crippen LogP contribution in [0.2, 0.25) is 0 Å². The number of aliphatic carboxylic acids is 1. The van der Waals surface area contributed by atoms with Gasteiger partial charge in [-0.05, 0) is 105 Å². The minimum Gasteiger partial charge on any atom is -0.550 e. The molecule has 0 bridgehead atoms. The van der Waals surface area contributed by atoms with Crippen molar-refractivity contribution in [3.63, 3.8) is 0 Å². The Labute approximate surface area is 146 Å². The van der Waals surface area contributed by atoms with E-state index in [0.29, 0.717) is 23.2 Å². The molecule has 4 saturated carbocycles. The molecule has 0 spiro atoms. The number of carbonyl (C=O) groups is 1. The maximum absolute atomic E-state index is 11.0. The monoisotopic (exact) mass is 333 g/mol. The van der Waals surface area contributed by atoms with Crippen molar-refractivity contribution in [2.45, 2.75) is 84.2 Å². The molecule has 24 heavy (non-hydrogen) atoms. The number of rotatable bonds is 2. The first-order chi connectivity index (χ1) is 11.3. The summed E-state index contributed by atoms with van der Waals surface area (Å²) in [6.45, 7) is 4.86. The summed E-state index contributed by atoms with van der Waals surface area (Å²) in [6, 6.07) is 0. The third kappa shape index (κ3) is 2.37. The van der Waals surface area contributed by atoms with E-state index in [4.69, 9.17) is 0 Å². The van der Waals surface area contributed by atoms with E-state index < -0.39 is 5.97 Å². The van der Waals surface area contributed by atoms with Gasteiger partial charge in [-0.25, -0.2) is 0 Å². The Hall–Kier alpha value is -0.570. The highest BCUT2D eigenvalue weighted by molar-refractivity contribution is 5.64. The standard InChI is InChI=1S/C21H34O3/c1-20-9-7-13(12-19(23)24)11-14(20)3-4-15-16-5-6-18(22)21(16,2)10-8-17(15)20/h13-18,22H,3-12H2,1-2H3,(H,23,24)/p-1/t13-,14-,15+,16+,17-,18-,20-,21-/m0/s1. The molecule has 1 N–H and O–H groups in total. The van der Waals surface area contributed by atoms with Crippen LogP contribution in [0.1, 0.15) is 78.1 Å². The van der Waals surface area contributed by atoms with Gasteiger partial charge in [0, 0.05) is 5.97 Å². The minimum atomic E-state index is -0.870. The third-order valence-corrected chi connectivity index (χ3v) is 9.18. The van der Waals surface area contributed by atoms with Gasteiger partial charge in [0.1, 0.15) is 0 Å². The predicted octanol–water partition coefficient (Wildman–Crippen LogP) is 3.15. The molecular weight excluding hydrogens is 300 g/mol. The number of fused-ring (bicyclic) bond motifs is 5. The summed E-state index contributed by atoms with van der Waals surface area (Å²) in [4.78, 5) is 11.0. The lowest BCUT2D eigenvalue weighted by Crippen LogP contribution is -2.54. The molecule has 136 valence electrons. The van der Waals surface area contributed by atoms with Crippen LogP contribution in [-0.4, -0.2) is 17.2 Å². The van der Waals surface area contributed by atoms with Crippen molar-refractivity contribution in [2.75, 3.05) is 0 Å². The van der Waals surface area contributed by atoms with Crippen LogP contribution < -0.4 is 5.11 Å². The summed E-state index contributed by atoms with van der Waals surface area (Å²) < 4.78 is 0. The van der Waals surface area contributed by atoms with Gasteiger partial charge in [0.05, 0.1) is 6.10 Å². The summed E-state index contributed by atoms with van der Waals surface area (Å²) >= 11 is 0. The van der Waals surface area contributed by atoms with Gasteiger partial charge in [-0.3, -0.25) is 0 Å². The molecule has 4 rings (SSSR count). The molecule has 8 atom stereocenters. The fourth-order valence-corrected chi connectivity index (χ4v) is 7.74. The van der Waals surface area contributed by atoms with E-state index in [9.17, 15) is 15.0 Å². The molecule has 3 nitrogen and oxygen atoms in total. The van der Waals surface area contributed by atoms with Crippen molar-refractivity contribution < 1.29 is 15.0 Å². The molecular formula is C21H33O3-. The second-order valence-corrected chi connectivity index (χ2v) is 10.0. The molecule has 0 amide bonds. The Morgan fingerprint density at radius 3 is 2.46 bits per heavy atom. The van der Waals surface area contributed by atoms with E-state index in [1.165, 1.54) is 38.5 Å². The largest absolute Gasteiger partial charge is 0.550 e. The van der Waals surface area contributed by atoms with Crippen molar-refractivity contribution in [1.29, 1.82) is 0 Å². The highest BCUT2D eigenvalue weighted by Crippen LogP contribution is 2.66. The second-order valence-electron chi connectivity index (χ2n) is 10.0. The Kier molecular flexibility index (Phi) is 4.02. The van der Waals surface area contributed by atoms with Gasteiger partial charge >= 0.3 is 0 Å². The van der Waals surface area contributed by atoms with Crippen molar-refractivity contribution >= 4 is 5.97 Å². The number of aliphatic hydroxyl groups excluding tert-OH is 1. The molecule has 3 heteroatoms. The molecule has 0 aromatic heterocycles. The lowest BCUT2D eigenvalue weighted by molar-refractivity contribution is -0.307. The quantitative estimate of drug-likeness (QED) is 0.844. The molecule has 0 radical (unpaired) electrons. The lowest BCUT2D eigenvalue weighted by atomic mass is 9.44. The smallest absolute Gasteiger partial charge is 0.0596 e. The van der Waals surface area contributed by atoms with Gasteiger partial charge in [0.25, 0.3) is 0 Å². The number of hydrogen-bond acceptors (Lipinski definition) is 3. The maximum atomic E-state index is 11.0. The van der Waals surface area contributed by atoms with Gasteiger partial charge in [0.15, 0.2) is 0 Å². The van der Waals surface area contributed by atoms with Crippen LogP contribution in [-0.2, 0) is 4.79 Å². The van der Waals surface area contributed by atoms with Gasteiger partial charge in [-0.15, -0.1) is 0 Å². The number of hydrogen-bond donors (Lipinski definition) is 1. The van der Waals surface area contributed by atoms with Crippen LogP contribution >= 0.6 is 0 Å². The van der Waals surface area contributed by atoms with Gasteiger partial charge in [-0.2, -0.15) is 0 Å². The van der Waals surface area contributed by atoms with E-state index >= 15 is 0 Å². The third-order valence-electron chi connectivity index (χ3n) is 9.18. The van der Waals surface area contributed by atoms with Crippen molar-refractivity contribution in [3.05, 3.63) is 0 Å². The Morgan fingerprint density at radius 1 is 1.00 bits per heavy atom. The highest BCUT2D eigenvalue weighted by atomic mass is 16.4. The summed E-state index contributed by atoms with van der Waals surface area (Å²) in [5, 5.41) is 21.5. The highest BCUT2D eigenvalue weighted by Gasteiger charge is 2.59. The molecule has 0 heterocycles. The molecule has 4 fully saturated rings. The summed E-state index contributed by atoms with van der Waals surface area (Å²) in [6.07, 6.45) is 10.8. The molecule has 0 aromatic rings. The first kappa shape index (κ1) is 16.9. The topological polar surface area (TPSA) is 60.4 Å². The van der Waals surface area contributed by atoms with E-state index in [1.54, 1.807) is 0 Å². The molecule has 4 aliphatic carbocycles. The first-order valence-electron chi connectivity index (χ1n) is 10.2. The summed E-state index contributed by atoms with van der Waals surface area (Å²) in [7, 11) is 0.